The summed E-state index contributed by atoms with van der Waals surface area (Å²) in [5.41, 5.74) is 1.84. The molecule has 13 heteroatoms. The number of thioether (sulfide) groups is 1. The van der Waals surface area contributed by atoms with Gasteiger partial charge < -0.3 is 29.1 Å². The van der Waals surface area contributed by atoms with Crippen LogP contribution in [0.1, 0.15) is 16.8 Å². The maximum atomic E-state index is 11.7. The van der Waals surface area contributed by atoms with Gasteiger partial charge in [-0.05, 0) is 42.0 Å². The van der Waals surface area contributed by atoms with Crippen molar-refractivity contribution < 1.29 is 24.2 Å². The number of aliphatic hydroxyl groups is 2. The summed E-state index contributed by atoms with van der Waals surface area (Å²) in [5, 5.41) is 39.9. The predicted octanol–water partition coefficient (Wildman–Crippen LogP) is 3.96. The Kier molecular flexibility index (Phi) is 10.2. The summed E-state index contributed by atoms with van der Waals surface area (Å²) >= 11 is 7.20. The Labute approximate surface area is 252 Å². The monoisotopic (exact) mass is 599 g/mol. The molecule has 0 unspecified atom stereocenters. The molecule has 2 aromatic carbocycles. The van der Waals surface area contributed by atoms with Crippen LogP contribution in [-0.4, -0.2) is 66.6 Å². The minimum absolute atomic E-state index is 0.0930. The van der Waals surface area contributed by atoms with E-state index in [1.54, 1.807) is 55.6 Å². The van der Waals surface area contributed by atoms with Crippen LogP contribution in [0.4, 0.5) is 5.82 Å². The normalized spacial score (nSPS) is 11.4. The molecule has 2 radical (unpaired) electrons. The molecule has 4 rings (SSSR count). The van der Waals surface area contributed by atoms with Crippen molar-refractivity contribution in [2.75, 3.05) is 31.7 Å². The van der Waals surface area contributed by atoms with Crippen LogP contribution in [0, 0.1) is 22.7 Å². The van der Waals surface area contributed by atoms with Crippen molar-refractivity contribution in [2.45, 2.75) is 16.9 Å². The van der Waals surface area contributed by atoms with E-state index in [1.165, 1.54) is 22.9 Å². The lowest BCUT2D eigenvalue weighted by molar-refractivity contribution is -0.110. The first-order valence-electron chi connectivity index (χ1n) is 12.5. The Balaban J connectivity index is 1.72. The fraction of sp³-hybridized carbons (Fsp3) is 0.207. The van der Waals surface area contributed by atoms with Crippen LogP contribution in [0.25, 0.3) is 22.6 Å². The van der Waals surface area contributed by atoms with Gasteiger partial charge in [-0.25, -0.2) is 9.97 Å². The van der Waals surface area contributed by atoms with Crippen LogP contribution in [0.2, 0.25) is 5.02 Å². The number of anilines is 1. The zero-order chi connectivity index (χ0) is 30.2. The number of likely N-dealkylation sites (N-methyl/N-ethyl adjacent to an activating group) is 1. The highest BCUT2D eigenvalue weighted by molar-refractivity contribution is 7.98. The molecule has 210 valence electrons. The lowest BCUT2D eigenvalue weighted by Crippen LogP contribution is -2.27. The Hall–Kier alpha value is -4.33. The zero-order valence-corrected chi connectivity index (χ0v) is 23.9. The van der Waals surface area contributed by atoms with E-state index in [0.717, 1.165) is 5.56 Å². The molecule has 1 atom stereocenters. The number of aliphatic hydroxyl groups excluding tert-OH is 2. The molecule has 2 N–H and O–H groups in total. The van der Waals surface area contributed by atoms with Crippen molar-refractivity contribution in [3.8, 4) is 40.5 Å². The molecule has 0 fully saturated rings. The summed E-state index contributed by atoms with van der Waals surface area (Å²) in [6.07, 6.45) is 0.482. The average Bonchev–Trinajstić information content (AvgIpc) is 3.47. The second-order valence-electron chi connectivity index (χ2n) is 9.02. The fourth-order valence-electron chi connectivity index (χ4n) is 3.94. The first-order valence-corrected chi connectivity index (χ1v) is 13.8. The minimum atomic E-state index is -1.03. The minimum Gasteiger partial charge on any atom is -0.491 e. The number of ether oxygens (including phenoxy) is 1. The molecule has 42 heavy (non-hydrogen) atoms. The van der Waals surface area contributed by atoms with Crippen LogP contribution in [0.15, 0.2) is 64.2 Å². The van der Waals surface area contributed by atoms with Crippen LogP contribution in [-0.2, 0) is 10.5 Å². The largest absolute Gasteiger partial charge is 0.491 e. The van der Waals surface area contributed by atoms with E-state index < -0.39 is 18.4 Å². The topological polar surface area (TPSA) is 156 Å². The number of carbonyl (C=O) groups is 1. The molecule has 0 aliphatic carbocycles. The molecule has 0 saturated carbocycles. The van der Waals surface area contributed by atoms with Gasteiger partial charge in [0.2, 0.25) is 5.89 Å². The molecular formula is C29H23BClN5O5S. The van der Waals surface area contributed by atoms with E-state index in [1.807, 2.05) is 0 Å². The standard InChI is InChI=1S/C29H23BClN5O5S/c1-36(12-25(30)39)27-23(10-32)26(17-4-8-22(9-5-17)40-15-21(38)13-37)24(11-33)29(35-27)42-16-20-14-41-28(34-20)18-2-6-19(31)7-3-18/h2-9,14,21,37-38H,12-13,15-16H2,1H3/t21-/m0/s1. The van der Waals surface area contributed by atoms with Gasteiger partial charge in [0, 0.05) is 29.0 Å². The van der Waals surface area contributed by atoms with Gasteiger partial charge in [-0.2, -0.15) is 10.5 Å². The van der Waals surface area contributed by atoms with Gasteiger partial charge in [-0.15, -0.1) is 0 Å². The van der Waals surface area contributed by atoms with Gasteiger partial charge in [0.05, 0.1) is 30.1 Å². The van der Waals surface area contributed by atoms with Crippen molar-refractivity contribution in [1.82, 2.24) is 9.97 Å². The summed E-state index contributed by atoms with van der Waals surface area (Å²) < 4.78 is 11.1. The average molecular weight is 600 g/mol. The molecular weight excluding hydrogens is 577 g/mol. The second-order valence-corrected chi connectivity index (χ2v) is 10.4. The number of rotatable bonds is 12. The molecule has 2 heterocycles. The summed E-state index contributed by atoms with van der Waals surface area (Å²) in [7, 11) is 6.99. The van der Waals surface area contributed by atoms with Gasteiger partial charge in [-0.1, -0.05) is 35.5 Å². The van der Waals surface area contributed by atoms with E-state index in [4.69, 9.17) is 33.7 Å². The predicted molar refractivity (Wildman–Crippen MR) is 158 cm³/mol. The number of halogens is 1. The highest BCUT2D eigenvalue weighted by atomic mass is 35.5. The highest BCUT2D eigenvalue weighted by Crippen LogP contribution is 2.39. The molecule has 0 saturated heterocycles. The lowest BCUT2D eigenvalue weighted by atomic mass is 9.96. The van der Waals surface area contributed by atoms with Crippen LogP contribution >= 0.6 is 23.4 Å². The molecule has 10 nitrogen and oxygen atoms in total. The van der Waals surface area contributed by atoms with Crippen LogP contribution in [0.3, 0.4) is 0 Å². The fourth-order valence-corrected chi connectivity index (χ4v) is 4.93. The number of nitriles is 2. The Morgan fingerprint density at radius 1 is 1.12 bits per heavy atom. The molecule has 0 amide bonds. The molecule has 0 aliphatic rings. The second kappa shape index (κ2) is 14.0. The molecule has 4 aromatic rings. The highest BCUT2D eigenvalue weighted by Gasteiger charge is 2.24. The molecule has 2 aromatic heterocycles. The third-order valence-corrected chi connectivity index (χ3v) is 7.18. The van der Waals surface area contributed by atoms with Gasteiger partial charge >= 0.3 is 0 Å². The van der Waals surface area contributed by atoms with Crippen LogP contribution < -0.4 is 9.64 Å². The number of hydrogen-bond donors (Lipinski definition) is 2. The Morgan fingerprint density at radius 3 is 2.40 bits per heavy atom. The van der Waals surface area contributed by atoms with E-state index in [0.29, 0.717) is 44.3 Å². The van der Waals surface area contributed by atoms with Crippen molar-refractivity contribution in [2.24, 2.45) is 0 Å². The number of benzene rings is 2. The number of nitrogens with zero attached hydrogens (tertiary/aromatic N) is 5. The summed E-state index contributed by atoms with van der Waals surface area (Å²) in [4.78, 5) is 22.3. The van der Waals surface area contributed by atoms with E-state index >= 15 is 0 Å². The molecule has 0 bridgehead atoms. The maximum absolute atomic E-state index is 11.7. The first kappa shape index (κ1) is 30.6. The number of oxazole rings is 1. The van der Waals surface area contributed by atoms with Gasteiger partial charge in [-0.3, -0.25) is 0 Å². The lowest BCUT2D eigenvalue weighted by Gasteiger charge is -2.22. The first-order chi connectivity index (χ1) is 20.2. The third-order valence-electron chi connectivity index (χ3n) is 5.92. The van der Waals surface area contributed by atoms with E-state index in [9.17, 15) is 20.4 Å². The van der Waals surface area contributed by atoms with Crippen molar-refractivity contribution in [3.05, 3.63) is 76.6 Å². The van der Waals surface area contributed by atoms with Crippen molar-refractivity contribution >= 4 is 42.7 Å². The zero-order valence-electron chi connectivity index (χ0n) is 22.3. The van der Waals surface area contributed by atoms with Crippen LogP contribution in [0.5, 0.6) is 5.75 Å². The van der Waals surface area contributed by atoms with Gasteiger partial charge in [0.15, 0.2) is 7.85 Å². The molecule has 0 spiro atoms. The van der Waals surface area contributed by atoms with Gasteiger partial charge in [0.1, 0.15) is 53.3 Å². The number of carbonyl (C=O) groups excluding carboxylic acids is 1. The smallest absolute Gasteiger partial charge is 0.226 e. The Bertz CT molecular complexity index is 1650. The summed E-state index contributed by atoms with van der Waals surface area (Å²) in [5.74, 6) is 1.30. The van der Waals surface area contributed by atoms with Crippen molar-refractivity contribution in [3.63, 3.8) is 0 Å². The van der Waals surface area contributed by atoms with Crippen molar-refractivity contribution in [1.29, 1.82) is 10.5 Å². The molecule has 0 aliphatic heterocycles. The number of pyridine rings is 1. The Morgan fingerprint density at radius 2 is 1.79 bits per heavy atom. The quantitative estimate of drug-likeness (QED) is 0.179. The van der Waals surface area contributed by atoms with E-state index in [2.05, 4.69) is 22.1 Å². The van der Waals surface area contributed by atoms with Gasteiger partial charge in [0.25, 0.3) is 0 Å². The van der Waals surface area contributed by atoms with E-state index in [-0.39, 0.29) is 30.1 Å². The summed E-state index contributed by atoms with van der Waals surface area (Å²) in [6, 6.07) is 17.9. The third kappa shape index (κ3) is 7.30. The maximum Gasteiger partial charge on any atom is 0.226 e. The summed E-state index contributed by atoms with van der Waals surface area (Å²) in [6.45, 7) is -0.752. The SMILES string of the molecule is [B]C(=O)CN(C)c1nc(SCc2coc(-c3ccc(Cl)cc3)n2)c(C#N)c(-c2ccc(OC[C@@H](O)CO)cc2)c1C#N. The number of hydrogen-bond acceptors (Lipinski definition) is 11. The number of aromatic nitrogens is 2.